The molecule has 0 atom stereocenters. The van der Waals surface area contributed by atoms with Crippen molar-refractivity contribution < 1.29 is 22.1 Å². The highest BCUT2D eigenvalue weighted by Crippen LogP contribution is 2.19. The quantitative estimate of drug-likeness (QED) is 0.560. The molecule has 0 aliphatic rings. The highest BCUT2D eigenvalue weighted by molar-refractivity contribution is 7.89. The van der Waals surface area contributed by atoms with Gasteiger partial charge in [-0.25, -0.2) is 21.9 Å². The van der Waals surface area contributed by atoms with Crippen molar-refractivity contribution in [2.24, 2.45) is 0 Å². The lowest BCUT2D eigenvalue weighted by Gasteiger charge is -2.17. The molecule has 0 saturated carbocycles. The lowest BCUT2D eigenvalue weighted by Crippen LogP contribution is -2.28. The Labute approximate surface area is 171 Å². The van der Waals surface area contributed by atoms with Crippen molar-refractivity contribution in [1.82, 2.24) is 14.4 Å². The summed E-state index contributed by atoms with van der Waals surface area (Å²) in [6.07, 6.45) is 0.382. The van der Waals surface area contributed by atoms with E-state index in [1.165, 1.54) is 19.2 Å². The number of sulfonamides is 1. The van der Waals surface area contributed by atoms with Crippen LogP contribution in [-0.2, 0) is 14.8 Å². The molecule has 0 saturated heterocycles. The lowest BCUT2D eigenvalue weighted by atomic mass is 10.2. The van der Waals surface area contributed by atoms with E-state index in [0.29, 0.717) is 17.7 Å². The van der Waals surface area contributed by atoms with Gasteiger partial charge in [0.25, 0.3) is 0 Å². The number of rotatable bonds is 8. The van der Waals surface area contributed by atoms with Crippen molar-refractivity contribution >= 4 is 21.6 Å². The SMILES string of the molecule is CN(CCCC(=O)Nc1cccc(-c2noc(=O)[nH]2)c1)S(=O)(=O)c1ccc(F)cc1. The number of carbonyl (C=O) groups excluding carboxylic acids is 1. The van der Waals surface area contributed by atoms with Crippen molar-refractivity contribution in [2.45, 2.75) is 17.7 Å². The molecule has 3 aromatic rings. The molecular formula is C19H19FN4O5S. The summed E-state index contributed by atoms with van der Waals surface area (Å²) in [5, 5.41) is 6.30. The molecular weight excluding hydrogens is 415 g/mol. The summed E-state index contributed by atoms with van der Waals surface area (Å²) < 4.78 is 43.5. The molecule has 158 valence electrons. The van der Waals surface area contributed by atoms with Crippen LogP contribution in [-0.4, -0.2) is 42.4 Å². The van der Waals surface area contributed by atoms with Crippen LogP contribution in [0.4, 0.5) is 10.1 Å². The first-order valence-corrected chi connectivity index (χ1v) is 10.4. The number of hydrogen-bond donors (Lipinski definition) is 2. The second-order valence-corrected chi connectivity index (χ2v) is 8.50. The highest BCUT2D eigenvalue weighted by atomic mass is 32.2. The van der Waals surface area contributed by atoms with Crippen LogP contribution in [0.25, 0.3) is 11.4 Å². The normalized spacial score (nSPS) is 11.6. The zero-order chi connectivity index (χ0) is 21.7. The highest BCUT2D eigenvalue weighted by Gasteiger charge is 2.20. The number of carbonyl (C=O) groups is 1. The molecule has 0 bridgehead atoms. The van der Waals surface area contributed by atoms with E-state index in [4.69, 9.17) is 0 Å². The molecule has 0 unspecified atom stereocenters. The van der Waals surface area contributed by atoms with Crippen molar-refractivity contribution in [3.8, 4) is 11.4 Å². The van der Waals surface area contributed by atoms with E-state index in [1.54, 1.807) is 24.3 Å². The van der Waals surface area contributed by atoms with Crippen LogP contribution >= 0.6 is 0 Å². The van der Waals surface area contributed by atoms with Crippen LogP contribution in [0.15, 0.2) is 62.7 Å². The lowest BCUT2D eigenvalue weighted by molar-refractivity contribution is -0.116. The van der Waals surface area contributed by atoms with E-state index in [-0.39, 0.29) is 29.6 Å². The average molecular weight is 434 g/mol. The fourth-order valence-electron chi connectivity index (χ4n) is 2.69. The number of halogens is 1. The minimum absolute atomic E-state index is 0.0152. The maximum atomic E-state index is 13.0. The Hall–Kier alpha value is -3.31. The molecule has 2 aromatic carbocycles. The van der Waals surface area contributed by atoms with Crippen molar-refractivity contribution in [3.05, 3.63) is 64.9 Å². The van der Waals surface area contributed by atoms with Crippen LogP contribution < -0.4 is 11.1 Å². The summed E-state index contributed by atoms with van der Waals surface area (Å²) in [7, 11) is -2.36. The Morgan fingerprint density at radius 3 is 2.63 bits per heavy atom. The minimum atomic E-state index is -3.76. The predicted molar refractivity (Wildman–Crippen MR) is 107 cm³/mol. The molecule has 0 aliphatic heterocycles. The number of hydrogen-bond acceptors (Lipinski definition) is 6. The van der Waals surface area contributed by atoms with E-state index < -0.39 is 21.6 Å². The van der Waals surface area contributed by atoms with Crippen LogP contribution in [0.1, 0.15) is 12.8 Å². The van der Waals surface area contributed by atoms with Gasteiger partial charge < -0.3 is 5.32 Å². The second-order valence-electron chi connectivity index (χ2n) is 6.46. The van der Waals surface area contributed by atoms with E-state index in [1.807, 2.05) is 0 Å². The Bertz CT molecular complexity index is 1190. The van der Waals surface area contributed by atoms with Gasteiger partial charge in [-0.2, -0.15) is 0 Å². The maximum Gasteiger partial charge on any atom is 0.439 e. The Morgan fingerprint density at radius 2 is 1.97 bits per heavy atom. The first-order valence-electron chi connectivity index (χ1n) is 8.94. The van der Waals surface area contributed by atoms with E-state index in [2.05, 4.69) is 20.0 Å². The Kier molecular flexibility index (Phi) is 6.43. The largest absolute Gasteiger partial charge is 0.439 e. The Balaban J connectivity index is 1.53. The third-order valence-corrected chi connectivity index (χ3v) is 6.13. The van der Waals surface area contributed by atoms with Gasteiger partial charge in [0.15, 0.2) is 5.82 Å². The van der Waals surface area contributed by atoms with Gasteiger partial charge in [-0.05, 0) is 42.8 Å². The summed E-state index contributed by atoms with van der Waals surface area (Å²) in [4.78, 5) is 25.7. The molecule has 0 radical (unpaired) electrons. The standard InChI is InChI=1S/C19H19FN4O5S/c1-24(30(27,28)16-9-7-14(20)8-10-16)11-3-6-17(25)21-15-5-2-4-13(12-15)18-22-19(26)29-23-18/h2,4-5,7-10,12H,3,6,11H2,1H3,(H,21,25)(H,22,23,26). The molecule has 0 aliphatic carbocycles. The van der Waals surface area contributed by atoms with Crippen molar-refractivity contribution in [3.63, 3.8) is 0 Å². The number of aromatic amines is 1. The Morgan fingerprint density at radius 1 is 1.23 bits per heavy atom. The van der Waals surface area contributed by atoms with Gasteiger partial charge in [0.05, 0.1) is 4.90 Å². The summed E-state index contributed by atoms with van der Waals surface area (Å²) in [6.45, 7) is 0.118. The number of anilines is 1. The third-order valence-electron chi connectivity index (χ3n) is 4.26. The molecule has 0 fully saturated rings. The fraction of sp³-hybridized carbons (Fsp3) is 0.211. The maximum absolute atomic E-state index is 13.0. The number of benzene rings is 2. The van der Waals surface area contributed by atoms with Gasteiger partial charge >= 0.3 is 5.76 Å². The van der Waals surface area contributed by atoms with E-state index >= 15 is 0 Å². The molecule has 2 N–H and O–H groups in total. The third kappa shape index (κ3) is 5.19. The minimum Gasteiger partial charge on any atom is -0.326 e. The van der Waals surface area contributed by atoms with Gasteiger partial charge in [-0.3, -0.25) is 14.3 Å². The zero-order valence-corrected chi connectivity index (χ0v) is 16.8. The smallest absolute Gasteiger partial charge is 0.326 e. The zero-order valence-electron chi connectivity index (χ0n) is 16.0. The number of H-pyrrole nitrogens is 1. The van der Waals surface area contributed by atoms with Crippen LogP contribution in [0.5, 0.6) is 0 Å². The first-order chi connectivity index (χ1) is 14.3. The molecule has 1 heterocycles. The van der Waals surface area contributed by atoms with E-state index in [0.717, 1.165) is 16.4 Å². The van der Waals surface area contributed by atoms with Gasteiger partial charge in [-0.1, -0.05) is 17.3 Å². The first kappa shape index (κ1) is 21.4. The summed E-state index contributed by atoms with van der Waals surface area (Å²) >= 11 is 0. The number of aromatic nitrogens is 2. The van der Waals surface area contributed by atoms with Gasteiger partial charge in [0, 0.05) is 31.3 Å². The molecule has 30 heavy (non-hydrogen) atoms. The average Bonchev–Trinajstić information content (AvgIpc) is 3.15. The van der Waals surface area contributed by atoms with Crippen molar-refractivity contribution in [1.29, 1.82) is 0 Å². The predicted octanol–water partition coefficient (Wildman–Crippen LogP) is 2.21. The number of nitrogens with zero attached hydrogens (tertiary/aromatic N) is 2. The molecule has 0 spiro atoms. The molecule has 11 heteroatoms. The molecule has 1 amide bonds. The molecule has 1 aromatic heterocycles. The van der Waals surface area contributed by atoms with Gasteiger partial charge in [-0.15, -0.1) is 0 Å². The topological polar surface area (TPSA) is 125 Å². The molecule has 3 rings (SSSR count). The summed E-state index contributed by atoms with van der Waals surface area (Å²) in [5.74, 6) is -1.26. The summed E-state index contributed by atoms with van der Waals surface area (Å²) in [6, 6.07) is 11.2. The van der Waals surface area contributed by atoms with Crippen LogP contribution in [0.3, 0.4) is 0 Å². The van der Waals surface area contributed by atoms with Gasteiger partial charge in [0.2, 0.25) is 15.9 Å². The van der Waals surface area contributed by atoms with E-state index in [9.17, 15) is 22.4 Å². The van der Waals surface area contributed by atoms with Crippen molar-refractivity contribution in [2.75, 3.05) is 18.9 Å². The fourth-order valence-corrected chi connectivity index (χ4v) is 3.90. The molecule has 9 nitrogen and oxygen atoms in total. The monoisotopic (exact) mass is 434 g/mol. The number of nitrogens with one attached hydrogen (secondary N) is 2. The second kappa shape index (κ2) is 9.01. The van der Waals surface area contributed by atoms with Crippen LogP contribution in [0, 0.1) is 5.82 Å². The van der Waals surface area contributed by atoms with Crippen LogP contribution in [0.2, 0.25) is 0 Å². The number of amides is 1. The summed E-state index contributed by atoms with van der Waals surface area (Å²) in [5.41, 5.74) is 1.05. The van der Waals surface area contributed by atoms with Gasteiger partial charge in [0.1, 0.15) is 5.82 Å².